The van der Waals surface area contributed by atoms with E-state index in [0.29, 0.717) is 18.4 Å². The van der Waals surface area contributed by atoms with E-state index in [-0.39, 0.29) is 17.5 Å². The second-order valence-electron chi connectivity index (χ2n) is 5.05. The fourth-order valence-corrected chi connectivity index (χ4v) is 4.24. The summed E-state index contributed by atoms with van der Waals surface area (Å²) in [5, 5.41) is 3.03. The molecule has 0 bridgehead atoms. The van der Waals surface area contributed by atoms with Crippen molar-refractivity contribution in [1.29, 1.82) is 0 Å². The van der Waals surface area contributed by atoms with E-state index in [0.717, 1.165) is 12.8 Å². The number of nitrogens with zero attached hydrogens (tertiary/aromatic N) is 1. The topological polar surface area (TPSA) is 84.5 Å². The van der Waals surface area contributed by atoms with Crippen molar-refractivity contribution in [2.75, 3.05) is 11.5 Å². The van der Waals surface area contributed by atoms with Crippen molar-refractivity contribution in [2.45, 2.75) is 50.6 Å². The molecule has 0 aromatic rings. The summed E-state index contributed by atoms with van der Waals surface area (Å²) in [5.41, 5.74) is 5.82. The Bertz CT molecular complexity index is 386. The number of aliphatic imine (C=N–C) groups is 1. The Kier molecular flexibility index (Phi) is 3.91. The Morgan fingerprint density at radius 1 is 1.18 bits per heavy atom. The van der Waals surface area contributed by atoms with Crippen molar-refractivity contribution in [2.24, 2.45) is 10.7 Å². The lowest BCUT2D eigenvalue weighted by Crippen LogP contribution is -2.41. The van der Waals surface area contributed by atoms with Gasteiger partial charge in [-0.3, -0.25) is 4.99 Å². The molecule has 3 N–H and O–H groups in total. The zero-order valence-corrected chi connectivity index (χ0v) is 10.9. The van der Waals surface area contributed by atoms with Crippen LogP contribution in [-0.4, -0.2) is 38.0 Å². The SMILES string of the molecule is NC(=NC1CCCCC1)NC1CCS(=O)(=O)C1. The highest BCUT2D eigenvalue weighted by atomic mass is 32.2. The van der Waals surface area contributed by atoms with Gasteiger partial charge in [-0.25, -0.2) is 8.42 Å². The molecule has 1 unspecified atom stereocenters. The summed E-state index contributed by atoms with van der Waals surface area (Å²) in [5.74, 6) is 0.869. The van der Waals surface area contributed by atoms with E-state index < -0.39 is 9.84 Å². The molecule has 1 saturated heterocycles. The summed E-state index contributed by atoms with van der Waals surface area (Å²) >= 11 is 0. The van der Waals surface area contributed by atoms with Gasteiger partial charge in [0.25, 0.3) is 0 Å². The molecule has 1 aliphatic heterocycles. The molecule has 2 rings (SSSR count). The van der Waals surface area contributed by atoms with Crippen LogP contribution in [0.4, 0.5) is 0 Å². The lowest BCUT2D eigenvalue weighted by molar-refractivity contribution is 0.441. The van der Waals surface area contributed by atoms with Crippen LogP contribution in [0.25, 0.3) is 0 Å². The lowest BCUT2D eigenvalue weighted by Gasteiger charge is -2.19. The van der Waals surface area contributed by atoms with Gasteiger partial charge in [0.2, 0.25) is 0 Å². The van der Waals surface area contributed by atoms with Gasteiger partial charge in [-0.15, -0.1) is 0 Å². The van der Waals surface area contributed by atoms with E-state index in [4.69, 9.17) is 5.73 Å². The molecule has 0 aromatic carbocycles. The van der Waals surface area contributed by atoms with Gasteiger partial charge in [-0.1, -0.05) is 19.3 Å². The number of sulfone groups is 1. The Balaban J connectivity index is 1.84. The molecule has 2 aliphatic rings. The zero-order chi connectivity index (χ0) is 12.3. The first-order valence-electron chi connectivity index (χ1n) is 6.35. The van der Waals surface area contributed by atoms with Crippen LogP contribution in [0.1, 0.15) is 38.5 Å². The number of hydrogen-bond donors (Lipinski definition) is 2. The second kappa shape index (κ2) is 5.25. The maximum absolute atomic E-state index is 11.3. The van der Waals surface area contributed by atoms with Crippen molar-refractivity contribution >= 4 is 15.8 Å². The minimum Gasteiger partial charge on any atom is -0.370 e. The van der Waals surface area contributed by atoms with E-state index in [1.54, 1.807) is 0 Å². The molecular formula is C11H21N3O2S. The van der Waals surface area contributed by atoms with E-state index in [9.17, 15) is 8.42 Å². The average molecular weight is 259 g/mol. The smallest absolute Gasteiger partial charge is 0.189 e. The minimum absolute atomic E-state index is 0.0488. The molecule has 0 amide bonds. The first kappa shape index (κ1) is 12.7. The summed E-state index contributed by atoms with van der Waals surface area (Å²) in [6, 6.07) is 0.279. The summed E-state index contributed by atoms with van der Waals surface area (Å²) in [7, 11) is -2.85. The van der Waals surface area contributed by atoms with E-state index in [2.05, 4.69) is 10.3 Å². The molecule has 98 valence electrons. The van der Waals surface area contributed by atoms with E-state index in [1.165, 1.54) is 19.3 Å². The summed E-state index contributed by atoms with van der Waals surface area (Å²) in [6.07, 6.45) is 6.58. The van der Waals surface area contributed by atoms with Crippen LogP contribution in [0.5, 0.6) is 0 Å². The van der Waals surface area contributed by atoms with Crippen LogP contribution in [-0.2, 0) is 9.84 Å². The molecule has 6 heteroatoms. The Morgan fingerprint density at radius 2 is 1.88 bits per heavy atom. The maximum atomic E-state index is 11.3. The summed E-state index contributed by atoms with van der Waals surface area (Å²) in [6.45, 7) is 0. The number of nitrogens with two attached hydrogens (primary N) is 1. The molecule has 0 aromatic heterocycles. The molecule has 1 saturated carbocycles. The molecule has 1 heterocycles. The van der Waals surface area contributed by atoms with Crippen LogP contribution < -0.4 is 11.1 Å². The Labute approximate surface area is 103 Å². The molecular weight excluding hydrogens is 238 g/mol. The fraction of sp³-hybridized carbons (Fsp3) is 0.909. The first-order chi connectivity index (χ1) is 8.05. The van der Waals surface area contributed by atoms with Gasteiger partial charge in [0, 0.05) is 6.04 Å². The van der Waals surface area contributed by atoms with Gasteiger partial charge in [0.05, 0.1) is 17.5 Å². The predicted molar refractivity (Wildman–Crippen MR) is 68.7 cm³/mol. The number of rotatable bonds is 2. The van der Waals surface area contributed by atoms with Crippen LogP contribution >= 0.6 is 0 Å². The third-order valence-electron chi connectivity index (χ3n) is 3.48. The quantitative estimate of drug-likeness (QED) is 0.555. The van der Waals surface area contributed by atoms with Crippen molar-refractivity contribution in [3.63, 3.8) is 0 Å². The molecule has 5 nitrogen and oxygen atoms in total. The van der Waals surface area contributed by atoms with Crippen LogP contribution in [0, 0.1) is 0 Å². The highest BCUT2D eigenvalue weighted by molar-refractivity contribution is 7.91. The molecule has 17 heavy (non-hydrogen) atoms. The van der Waals surface area contributed by atoms with Crippen molar-refractivity contribution in [3.8, 4) is 0 Å². The number of hydrogen-bond acceptors (Lipinski definition) is 3. The van der Waals surface area contributed by atoms with Crippen molar-refractivity contribution in [3.05, 3.63) is 0 Å². The number of nitrogens with one attached hydrogen (secondary N) is 1. The van der Waals surface area contributed by atoms with E-state index >= 15 is 0 Å². The van der Waals surface area contributed by atoms with Crippen molar-refractivity contribution in [1.82, 2.24) is 5.32 Å². The molecule has 1 aliphatic carbocycles. The highest BCUT2D eigenvalue weighted by Gasteiger charge is 2.28. The largest absolute Gasteiger partial charge is 0.370 e. The third kappa shape index (κ3) is 3.87. The monoisotopic (exact) mass is 259 g/mol. The van der Waals surface area contributed by atoms with Gasteiger partial charge < -0.3 is 11.1 Å². The van der Waals surface area contributed by atoms with Gasteiger partial charge >= 0.3 is 0 Å². The molecule has 2 fully saturated rings. The van der Waals surface area contributed by atoms with Crippen LogP contribution in [0.2, 0.25) is 0 Å². The fourth-order valence-electron chi connectivity index (χ4n) is 2.56. The van der Waals surface area contributed by atoms with Gasteiger partial charge in [-0.05, 0) is 19.3 Å². The van der Waals surface area contributed by atoms with Crippen LogP contribution in [0.3, 0.4) is 0 Å². The average Bonchev–Trinajstić information content (AvgIpc) is 2.59. The standard InChI is InChI=1S/C11H21N3O2S/c12-11(13-9-4-2-1-3-5-9)14-10-6-7-17(15,16)8-10/h9-10H,1-8H2,(H3,12,13,14). The summed E-state index contributed by atoms with van der Waals surface area (Å²) < 4.78 is 22.6. The van der Waals surface area contributed by atoms with Gasteiger partial charge in [0.1, 0.15) is 0 Å². The predicted octanol–water partition coefficient (Wildman–Crippen LogP) is 0.410. The maximum Gasteiger partial charge on any atom is 0.189 e. The number of guanidine groups is 1. The molecule has 1 atom stereocenters. The van der Waals surface area contributed by atoms with Crippen molar-refractivity contribution < 1.29 is 8.42 Å². The zero-order valence-electron chi connectivity index (χ0n) is 10.1. The first-order valence-corrected chi connectivity index (χ1v) is 8.17. The van der Waals surface area contributed by atoms with E-state index in [1.807, 2.05) is 0 Å². The molecule has 0 radical (unpaired) electrons. The lowest BCUT2D eigenvalue weighted by atomic mass is 9.96. The highest BCUT2D eigenvalue weighted by Crippen LogP contribution is 2.20. The second-order valence-corrected chi connectivity index (χ2v) is 7.28. The van der Waals surface area contributed by atoms with Gasteiger partial charge in [0.15, 0.2) is 15.8 Å². The molecule has 0 spiro atoms. The third-order valence-corrected chi connectivity index (χ3v) is 5.25. The Morgan fingerprint density at radius 3 is 2.47 bits per heavy atom. The Hall–Kier alpha value is -0.780. The minimum atomic E-state index is -2.85. The summed E-state index contributed by atoms with van der Waals surface area (Å²) in [4.78, 5) is 4.44. The van der Waals surface area contributed by atoms with Gasteiger partial charge in [-0.2, -0.15) is 0 Å². The normalized spacial score (nSPS) is 30.4. The van der Waals surface area contributed by atoms with Crippen LogP contribution in [0.15, 0.2) is 4.99 Å².